The second-order valence-electron chi connectivity index (χ2n) is 8.37. The molecule has 10 heteroatoms. The number of furan rings is 1. The van der Waals surface area contributed by atoms with E-state index in [0.717, 1.165) is 10.3 Å². The summed E-state index contributed by atoms with van der Waals surface area (Å²) in [5, 5.41) is 0.491. The Morgan fingerprint density at radius 2 is 1.86 bits per heavy atom. The molecule has 35 heavy (non-hydrogen) atoms. The molecule has 184 valence electrons. The summed E-state index contributed by atoms with van der Waals surface area (Å²) in [7, 11) is -0.535. The summed E-state index contributed by atoms with van der Waals surface area (Å²) >= 11 is 1.39. The second kappa shape index (κ2) is 9.80. The zero-order valence-corrected chi connectivity index (χ0v) is 21.8. The van der Waals surface area contributed by atoms with Gasteiger partial charge in [0, 0.05) is 18.7 Å². The molecule has 0 aliphatic heterocycles. The number of anilines is 1. The number of thiazole rings is 1. The van der Waals surface area contributed by atoms with Crippen molar-refractivity contribution in [2.45, 2.75) is 38.3 Å². The average Bonchev–Trinajstić information content (AvgIpc) is 3.52. The Labute approximate surface area is 208 Å². The summed E-state index contributed by atoms with van der Waals surface area (Å²) in [5.74, 6) is 0.902. The maximum Gasteiger partial charge on any atom is 0.260 e. The second-order valence-corrected chi connectivity index (χ2v) is 11.3. The number of fused-ring (bicyclic) bond motifs is 1. The third-order valence-corrected chi connectivity index (χ3v) is 9.05. The van der Waals surface area contributed by atoms with E-state index in [4.69, 9.17) is 14.1 Å². The molecule has 4 aromatic rings. The quantitative estimate of drug-likeness (QED) is 0.326. The minimum atomic E-state index is -3.65. The van der Waals surface area contributed by atoms with Gasteiger partial charge >= 0.3 is 0 Å². The molecular formula is C25H27N3O5S2. The van der Waals surface area contributed by atoms with Gasteiger partial charge in [-0.3, -0.25) is 9.69 Å². The lowest BCUT2D eigenvalue weighted by Crippen LogP contribution is -2.33. The fraction of sp³-hybridized carbons (Fsp3) is 0.280. The van der Waals surface area contributed by atoms with E-state index in [2.05, 4.69) is 0 Å². The van der Waals surface area contributed by atoms with Gasteiger partial charge in [0.2, 0.25) is 10.0 Å². The van der Waals surface area contributed by atoms with Gasteiger partial charge in [0.1, 0.15) is 17.0 Å². The van der Waals surface area contributed by atoms with E-state index in [1.807, 2.05) is 19.1 Å². The zero-order chi connectivity index (χ0) is 25.3. The fourth-order valence-corrected chi connectivity index (χ4v) is 5.95. The van der Waals surface area contributed by atoms with Crippen LogP contribution in [0.3, 0.4) is 0 Å². The van der Waals surface area contributed by atoms with Gasteiger partial charge in [0.05, 0.1) is 29.5 Å². The number of aryl methyl sites for hydroxylation is 1. The normalized spacial score (nSPS) is 12.0. The highest BCUT2D eigenvalue weighted by Gasteiger charge is 2.26. The topological polar surface area (TPSA) is 92.9 Å². The van der Waals surface area contributed by atoms with Gasteiger partial charge in [0.15, 0.2) is 5.13 Å². The Hall–Kier alpha value is -3.21. The molecule has 0 saturated heterocycles. The van der Waals surface area contributed by atoms with Gasteiger partial charge in [-0.1, -0.05) is 17.4 Å². The zero-order valence-electron chi connectivity index (χ0n) is 20.2. The third-order valence-electron chi connectivity index (χ3n) is 5.79. The molecule has 0 unspecified atom stereocenters. The minimum Gasteiger partial charge on any atom is -0.494 e. The highest BCUT2D eigenvalue weighted by molar-refractivity contribution is 7.89. The molecule has 0 bridgehead atoms. The number of hydrogen-bond donors (Lipinski definition) is 0. The van der Waals surface area contributed by atoms with Crippen molar-refractivity contribution in [1.29, 1.82) is 0 Å². The first-order valence-corrected chi connectivity index (χ1v) is 13.3. The summed E-state index contributed by atoms with van der Waals surface area (Å²) in [6, 6.07) is 13.1. The molecular weight excluding hydrogens is 486 g/mol. The van der Waals surface area contributed by atoms with Gasteiger partial charge in [-0.25, -0.2) is 13.4 Å². The molecule has 0 fully saturated rings. The van der Waals surface area contributed by atoms with Crippen LogP contribution in [0.4, 0.5) is 5.13 Å². The van der Waals surface area contributed by atoms with Crippen molar-refractivity contribution in [2.75, 3.05) is 19.1 Å². The maximum atomic E-state index is 13.7. The number of nitrogens with zero attached hydrogens (tertiary/aromatic N) is 3. The lowest BCUT2D eigenvalue weighted by Gasteiger charge is -2.21. The molecule has 0 atom stereocenters. The Kier molecular flexibility index (Phi) is 6.98. The van der Waals surface area contributed by atoms with Gasteiger partial charge < -0.3 is 9.15 Å². The summed E-state index contributed by atoms with van der Waals surface area (Å²) in [5.41, 5.74) is 2.05. The molecule has 0 radical (unpaired) electrons. The standard InChI is InChI=1S/C25H27N3O5S2/c1-16(2)27(4)35(30,31)20-11-9-18(10-12-20)24(29)28(15-19-7-6-14-33-19)25-26-22-21(32-5)13-8-17(3)23(22)34-25/h6-14,16H,15H2,1-5H3. The van der Waals surface area contributed by atoms with E-state index in [1.54, 1.807) is 39.4 Å². The molecule has 1 amide bonds. The van der Waals surface area contributed by atoms with E-state index < -0.39 is 10.0 Å². The molecule has 2 aromatic carbocycles. The van der Waals surface area contributed by atoms with Crippen molar-refractivity contribution in [3.05, 3.63) is 71.7 Å². The van der Waals surface area contributed by atoms with Crippen molar-refractivity contribution < 1.29 is 22.4 Å². The lowest BCUT2D eigenvalue weighted by atomic mass is 10.2. The fourth-order valence-electron chi connectivity index (χ4n) is 3.53. The molecule has 0 spiro atoms. The number of sulfonamides is 1. The van der Waals surface area contributed by atoms with Crippen LogP contribution in [0.2, 0.25) is 0 Å². The third kappa shape index (κ3) is 4.82. The summed E-state index contributed by atoms with van der Waals surface area (Å²) in [6.45, 7) is 5.76. The molecule has 8 nitrogen and oxygen atoms in total. The van der Waals surface area contributed by atoms with Crippen LogP contribution < -0.4 is 9.64 Å². The summed E-state index contributed by atoms with van der Waals surface area (Å²) in [6.07, 6.45) is 1.55. The molecule has 0 aliphatic carbocycles. The smallest absolute Gasteiger partial charge is 0.260 e. The van der Waals surface area contributed by atoms with E-state index in [-0.39, 0.29) is 23.4 Å². The van der Waals surface area contributed by atoms with Crippen molar-refractivity contribution in [3.63, 3.8) is 0 Å². The van der Waals surface area contributed by atoms with Crippen LogP contribution in [0.5, 0.6) is 5.75 Å². The number of aromatic nitrogens is 1. The average molecular weight is 514 g/mol. The van der Waals surface area contributed by atoms with Crippen molar-refractivity contribution in [1.82, 2.24) is 9.29 Å². The van der Waals surface area contributed by atoms with E-state index >= 15 is 0 Å². The van der Waals surface area contributed by atoms with Crippen LogP contribution in [0, 0.1) is 6.92 Å². The SMILES string of the molecule is COc1ccc(C)c2sc(N(Cc3ccco3)C(=O)c3ccc(S(=O)(=O)N(C)C(C)C)cc3)nc12. The van der Waals surface area contributed by atoms with Crippen LogP contribution in [-0.4, -0.2) is 43.8 Å². The first-order valence-electron chi connectivity index (χ1n) is 11.0. The highest BCUT2D eigenvalue weighted by atomic mass is 32.2. The van der Waals surface area contributed by atoms with E-state index in [1.165, 1.54) is 51.9 Å². The van der Waals surface area contributed by atoms with Crippen molar-refractivity contribution >= 4 is 42.6 Å². The van der Waals surface area contributed by atoms with Gasteiger partial charge in [-0.2, -0.15) is 4.31 Å². The van der Waals surface area contributed by atoms with Crippen LogP contribution in [0.15, 0.2) is 64.1 Å². The predicted octanol–water partition coefficient (Wildman–Crippen LogP) is 5.08. The van der Waals surface area contributed by atoms with Crippen LogP contribution in [0.25, 0.3) is 10.2 Å². The number of carbonyl (C=O) groups is 1. The van der Waals surface area contributed by atoms with E-state index in [9.17, 15) is 13.2 Å². The first kappa shape index (κ1) is 24.9. The first-order chi connectivity index (χ1) is 16.6. The number of hydrogen-bond acceptors (Lipinski definition) is 7. The minimum absolute atomic E-state index is 0.128. The predicted molar refractivity (Wildman–Crippen MR) is 137 cm³/mol. The Bertz CT molecular complexity index is 1440. The van der Waals surface area contributed by atoms with Crippen LogP contribution in [-0.2, 0) is 16.6 Å². The largest absolute Gasteiger partial charge is 0.494 e. The maximum absolute atomic E-state index is 13.7. The molecule has 0 saturated carbocycles. The summed E-state index contributed by atoms with van der Waals surface area (Å²) < 4.78 is 38.8. The number of amides is 1. The monoisotopic (exact) mass is 513 g/mol. The van der Waals surface area contributed by atoms with Gasteiger partial charge in [-0.15, -0.1) is 0 Å². The van der Waals surface area contributed by atoms with Crippen LogP contribution >= 0.6 is 11.3 Å². The van der Waals surface area contributed by atoms with Gasteiger partial charge in [-0.05, 0) is 68.8 Å². The van der Waals surface area contributed by atoms with Crippen molar-refractivity contribution in [2.24, 2.45) is 0 Å². The highest BCUT2D eigenvalue weighted by Crippen LogP contribution is 2.37. The number of rotatable bonds is 8. The molecule has 0 N–H and O–H groups in total. The number of methoxy groups -OCH3 is 1. The number of benzene rings is 2. The number of ether oxygens (including phenoxy) is 1. The lowest BCUT2D eigenvalue weighted by molar-refractivity contribution is 0.0983. The van der Waals surface area contributed by atoms with Crippen LogP contribution in [0.1, 0.15) is 35.5 Å². The van der Waals surface area contributed by atoms with Gasteiger partial charge in [0.25, 0.3) is 5.91 Å². The molecule has 2 heterocycles. The molecule has 4 rings (SSSR count). The summed E-state index contributed by atoms with van der Waals surface area (Å²) in [4.78, 5) is 20.0. The van der Waals surface area contributed by atoms with Crippen molar-refractivity contribution in [3.8, 4) is 5.75 Å². The molecule has 2 aromatic heterocycles. The van der Waals surface area contributed by atoms with E-state index in [0.29, 0.717) is 27.7 Å². The Morgan fingerprint density at radius 3 is 2.46 bits per heavy atom. The number of carbonyl (C=O) groups excluding carboxylic acids is 1. The Morgan fingerprint density at radius 1 is 1.14 bits per heavy atom. The molecule has 0 aliphatic rings. The Balaban J connectivity index is 1.73.